The molecule has 0 radical (unpaired) electrons. The van der Waals surface area contributed by atoms with E-state index < -0.39 is 11.6 Å². The number of aryl methyl sites for hydroxylation is 1. The summed E-state index contributed by atoms with van der Waals surface area (Å²) >= 11 is 0. The summed E-state index contributed by atoms with van der Waals surface area (Å²) in [6, 6.07) is 7.54. The van der Waals surface area contributed by atoms with Gasteiger partial charge in [0.15, 0.2) is 11.6 Å². The molecule has 0 aliphatic heterocycles. The molecule has 4 nitrogen and oxygen atoms in total. The number of carbonyl (C=O) groups is 1. The maximum Gasteiger partial charge on any atom is 0.224 e. The van der Waals surface area contributed by atoms with Crippen LogP contribution in [0.25, 0.3) is 0 Å². The minimum Gasteiger partial charge on any atom is -0.505 e. The van der Waals surface area contributed by atoms with Gasteiger partial charge in [-0.3, -0.25) is 9.78 Å². The lowest BCUT2D eigenvalue weighted by Gasteiger charge is -2.14. The second kappa shape index (κ2) is 6.35. The van der Waals surface area contributed by atoms with Crippen molar-refractivity contribution in [1.29, 1.82) is 0 Å². The number of nitrogens with zero attached hydrogens (tertiary/aromatic N) is 1. The Morgan fingerprint density at radius 1 is 1.38 bits per heavy atom. The molecule has 0 saturated heterocycles. The fraction of sp³-hybridized carbons (Fsp3) is 0.250. The van der Waals surface area contributed by atoms with E-state index in [9.17, 15) is 9.18 Å². The first-order valence-electron chi connectivity index (χ1n) is 6.65. The standard InChI is InChI=1S/C16H17FN2O2/c1-10-3-5-13(9-18-10)11(2)19-16(21)8-12-4-6-15(20)14(17)7-12/h3-7,9,11,20H,8H2,1-2H3,(H,19,21)/t11-/m1/s1. The molecule has 0 unspecified atom stereocenters. The Labute approximate surface area is 122 Å². The highest BCUT2D eigenvalue weighted by Gasteiger charge is 2.11. The van der Waals surface area contributed by atoms with E-state index in [0.29, 0.717) is 5.56 Å². The first-order chi connectivity index (χ1) is 9.95. The van der Waals surface area contributed by atoms with Crippen LogP contribution >= 0.6 is 0 Å². The van der Waals surface area contributed by atoms with Gasteiger partial charge in [0.2, 0.25) is 5.91 Å². The van der Waals surface area contributed by atoms with E-state index in [4.69, 9.17) is 5.11 Å². The normalized spacial score (nSPS) is 12.0. The van der Waals surface area contributed by atoms with Crippen molar-refractivity contribution in [3.05, 3.63) is 59.2 Å². The molecule has 2 N–H and O–H groups in total. The van der Waals surface area contributed by atoms with Crippen LogP contribution in [0.2, 0.25) is 0 Å². The summed E-state index contributed by atoms with van der Waals surface area (Å²) in [6.07, 6.45) is 1.78. The minimum absolute atomic E-state index is 0.0564. The predicted octanol–water partition coefficient (Wildman–Crippen LogP) is 2.65. The van der Waals surface area contributed by atoms with Crippen molar-refractivity contribution in [2.75, 3.05) is 0 Å². The molecule has 0 fully saturated rings. The number of halogens is 1. The monoisotopic (exact) mass is 288 g/mol. The van der Waals surface area contributed by atoms with E-state index in [2.05, 4.69) is 10.3 Å². The average molecular weight is 288 g/mol. The van der Waals surface area contributed by atoms with Gasteiger partial charge in [-0.25, -0.2) is 4.39 Å². The van der Waals surface area contributed by atoms with Crippen molar-refractivity contribution in [1.82, 2.24) is 10.3 Å². The maximum atomic E-state index is 13.2. The van der Waals surface area contributed by atoms with Gasteiger partial charge in [0.25, 0.3) is 0 Å². The van der Waals surface area contributed by atoms with Crippen molar-refractivity contribution >= 4 is 5.91 Å². The molecule has 1 aromatic heterocycles. The van der Waals surface area contributed by atoms with Gasteiger partial charge in [-0.2, -0.15) is 0 Å². The molecule has 0 spiro atoms. The fourth-order valence-corrected chi connectivity index (χ4v) is 1.96. The number of nitrogens with one attached hydrogen (secondary N) is 1. The molecule has 0 saturated carbocycles. The quantitative estimate of drug-likeness (QED) is 0.909. The number of carbonyl (C=O) groups excluding carboxylic acids is 1. The van der Waals surface area contributed by atoms with Crippen LogP contribution in [0.15, 0.2) is 36.5 Å². The average Bonchev–Trinajstić information content (AvgIpc) is 2.43. The largest absolute Gasteiger partial charge is 0.505 e. The highest BCUT2D eigenvalue weighted by molar-refractivity contribution is 5.79. The summed E-state index contributed by atoms with van der Waals surface area (Å²) in [5.74, 6) is -1.36. The number of benzene rings is 1. The first kappa shape index (κ1) is 15.0. The molecule has 110 valence electrons. The molecule has 1 heterocycles. The molecule has 2 rings (SSSR count). The van der Waals surface area contributed by atoms with Gasteiger partial charge in [0.05, 0.1) is 12.5 Å². The van der Waals surface area contributed by atoms with Gasteiger partial charge < -0.3 is 10.4 Å². The minimum atomic E-state index is -0.726. The summed E-state index contributed by atoms with van der Waals surface area (Å²) in [4.78, 5) is 16.1. The Kier molecular flexibility index (Phi) is 4.52. The first-order valence-corrected chi connectivity index (χ1v) is 6.65. The maximum absolute atomic E-state index is 13.2. The molecule has 1 atom stereocenters. The number of rotatable bonds is 4. The Hall–Kier alpha value is -2.43. The van der Waals surface area contributed by atoms with Crippen LogP contribution in [0.1, 0.15) is 29.8 Å². The van der Waals surface area contributed by atoms with Crippen LogP contribution in [0.3, 0.4) is 0 Å². The van der Waals surface area contributed by atoms with Crippen LogP contribution in [0, 0.1) is 12.7 Å². The predicted molar refractivity (Wildman–Crippen MR) is 77.3 cm³/mol. The van der Waals surface area contributed by atoms with Crippen LogP contribution in [0.4, 0.5) is 4.39 Å². The number of phenolic OH excluding ortho intramolecular Hbond substituents is 1. The van der Waals surface area contributed by atoms with Gasteiger partial charge in [0.1, 0.15) is 0 Å². The smallest absolute Gasteiger partial charge is 0.224 e. The van der Waals surface area contributed by atoms with Crippen molar-refractivity contribution in [3.63, 3.8) is 0 Å². The van der Waals surface area contributed by atoms with Crippen LogP contribution < -0.4 is 5.32 Å². The van der Waals surface area contributed by atoms with E-state index in [1.807, 2.05) is 26.0 Å². The third-order valence-corrected chi connectivity index (χ3v) is 3.19. The molecule has 1 amide bonds. The Bertz CT molecular complexity index is 641. The molecule has 2 aromatic rings. The zero-order valence-corrected chi connectivity index (χ0v) is 11.9. The molecular weight excluding hydrogens is 271 g/mol. The molecule has 1 aromatic carbocycles. The van der Waals surface area contributed by atoms with Gasteiger partial charge in [-0.1, -0.05) is 12.1 Å². The van der Waals surface area contributed by atoms with E-state index in [1.165, 1.54) is 12.1 Å². The number of hydrogen-bond acceptors (Lipinski definition) is 3. The van der Waals surface area contributed by atoms with Crippen molar-refractivity contribution in [3.8, 4) is 5.75 Å². The fourth-order valence-electron chi connectivity index (χ4n) is 1.96. The van der Waals surface area contributed by atoms with Gasteiger partial charge in [0, 0.05) is 11.9 Å². The Balaban J connectivity index is 1.97. The third-order valence-electron chi connectivity index (χ3n) is 3.19. The molecule has 21 heavy (non-hydrogen) atoms. The van der Waals surface area contributed by atoms with Crippen LogP contribution in [0.5, 0.6) is 5.75 Å². The van der Waals surface area contributed by atoms with E-state index >= 15 is 0 Å². The number of pyridine rings is 1. The number of aromatic nitrogens is 1. The van der Waals surface area contributed by atoms with E-state index in [1.54, 1.807) is 6.20 Å². The van der Waals surface area contributed by atoms with Gasteiger partial charge in [-0.05, 0) is 43.2 Å². The van der Waals surface area contributed by atoms with Gasteiger partial charge in [-0.15, -0.1) is 0 Å². The lowest BCUT2D eigenvalue weighted by atomic mass is 10.1. The number of phenols is 1. The summed E-state index contributed by atoms with van der Waals surface area (Å²) in [6.45, 7) is 3.76. The number of amides is 1. The van der Waals surface area contributed by atoms with Crippen LogP contribution in [-0.2, 0) is 11.2 Å². The summed E-state index contributed by atoms with van der Waals surface area (Å²) < 4.78 is 13.2. The zero-order valence-electron chi connectivity index (χ0n) is 11.9. The second-order valence-electron chi connectivity index (χ2n) is 4.98. The summed E-state index contributed by atoms with van der Waals surface area (Å²) in [5.41, 5.74) is 2.33. The summed E-state index contributed by atoms with van der Waals surface area (Å²) in [7, 11) is 0. The van der Waals surface area contributed by atoms with Crippen molar-refractivity contribution < 1.29 is 14.3 Å². The lowest BCUT2D eigenvalue weighted by molar-refractivity contribution is -0.121. The topological polar surface area (TPSA) is 62.2 Å². The zero-order chi connectivity index (χ0) is 15.4. The van der Waals surface area contributed by atoms with E-state index in [-0.39, 0.29) is 18.4 Å². The summed E-state index contributed by atoms with van der Waals surface area (Å²) in [5, 5.41) is 11.9. The van der Waals surface area contributed by atoms with Crippen molar-refractivity contribution in [2.45, 2.75) is 26.3 Å². The molecule has 5 heteroatoms. The second-order valence-corrected chi connectivity index (χ2v) is 4.98. The Morgan fingerprint density at radius 3 is 2.76 bits per heavy atom. The van der Waals surface area contributed by atoms with E-state index in [0.717, 1.165) is 17.3 Å². The number of aromatic hydroxyl groups is 1. The number of hydrogen-bond donors (Lipinski definition) is 2. The highest BCUT2D eigenvalue weighted by atomic mass is 19.1. The highest BCUT2D eigenvalue weighted by Crippen LogP contribution is 2.17. The Morgan fingerprint density at radius 2 is 2.14 bits per heavy atom. The van der Waals surface area contributed by atoms with Crippen LogP contribution in [-0.4, -0.2) is 16.0 Å². The molecule has 0 aliphatic rings. The SMILES string of the molecule is Cc1ccc([C@@H](C)NC(=O)Cc2ccc(O)c(F)c2)cn1. The molecular formula is C16H17FN2O2. The molecule has 0 aliphatic carbocycles. The van der Waals surface area contributed by atoms with Gasteiger partial charge >= 0.3 is 0 Å². The molecule has 0 bridgehead atoms. The third kappa shape index (κ3) is 4.02. The lowest BCUT2D eigenvalue weighted by Crippen LogP contribution is -2.28. The van der Waals surface area contributed by atoms with Crippen molar-refractivity contribution in [2.24, 2.45) is 0 Å².